The molecule has 6 unspecified atom stereocenters. The van der Waals surface area contributed by atoms with Gasteiger partial charge in [-0.25, -0.2) is 9.59 Å². The number of unbranched alkanes of at least 4 members (excludes halogenated alkanes) is 2. The summed E-state index contributed by atoms with van der Waals surface area (Å²) in [5, 5.41) is 27.5. The van der Waals surface area contributed by atoms with E-state index in [1.54, 1.807) is 23.1 Å². The van der Waals surface area contributed by atoms with Crippen LogP contribution in [0.1, 0.15) is 103 Å². The molecule has 3 aliphatic rings. The quantitative estimate of drug-likeness (QED) is 0.0639. The highest BCUT2D eigenvalue weighted by atomic mass is 16.7. The van der Waals surface area contributed by atoms with Gasteiger partial charge >= 0.3 is 12.2 Å². The predicted molar refractivity (Wildman–Crippen MR) is 228 cm³/mol. The topological polar surface area (TPSA) is 148 Å². The molecule has 5 rings (SSSR count). The summed E-state index contributed by atoms with van der Waals surface area (Å²) in [4.78, 5) is 35.3. The molecule has 2 aromatic carbocycles. The van der Waals surface area contributed by atoms with Gasteiger partial charge in [-0.2, -0.15) is 0 Å². The van der Waals surface area contributed by atoms with Gasteiger partial charge in [0, 0.05) is 44.2 Å². The van der Waals surface area contributed by atoms with Crippen molar-refractivity contribution in [3.8, 4) is 11.5 Å². The van der Waals surface area contributed by atoms with Gasteiger partial charge in [0.05, 0.1) is 24.8 Å². The number of fused-ring (bicyclic) bond motifs is 2. The molecule has 322 valence electrons. The van der Waals surface area contributed by atoms with Gasteiger partial charge in [0.1, 0.15) is 23.1 Å². The minimum absolute atomic E-state index is 0.00760. The fourth-order valence-corrected chi connectivity index (χ4v) is 8.74. The first kappa shape index (κ1) is 45.4. The van der Waals surface area contributed by atoms with Gasteiger partial charge in [0.2, 0.25) is 5.79 Å². The summed E-state index contributed by atoms with van der Waals surface area (Å²) in [5.74, 6) is -1.24. The lowest BCUT2D eigenvalue weighted by molar-refractivity contribution is -0.255. The molecule has 6 atom stereocenters. The average Bonchev–Trinajstić information content (AvgIpc) is 3.22. The first-order chi connectivity index (χ1) is 28.5. The van der Waals surface area contributed by atoms with Gasteiger partial charge in [-0.05, 0) is 100 Å². The van der Waals surface area contributed by atoms with Crippen molar-refractivity contribution in [2.75, 3.05) is 33.0 Å². The van der Waals surface area contributed by atoms with E-state index in [1.807, 2.05) is 70.2 Å². The van der Waals surface area contributed by atoms with Gasteiger partial charge in [-0.1, -0.05) is 73.5 Å². The molecule has 0 aromatic heterocycles. The zero-order chi connectivity index (χ0) is 42.4. The molecule has 59 heavy (non-hydrogen) atoms. The minimum atomic E-state index is -1.42. The summed E-state index contributed by atoms with van der Waals surface area (Å²) in [5.41, 5.74) is 2.80. The molecule has 0 radical (unpaired) electrons. The molecule has 2 amide bonds. The van der Waals surface area contributed by atoms with Gasteiger partial charge < -0.3 is 39.3 Å². The maximum Gasteiger partial charge on any atom is 0.412 e. The van der Waals surface area contributed by atoms with Gasteiger partial charge in [-0.3, -0.25) is 4.90 Å². The number of rotatable bonds is 21. The zero-order valence-corrected chi connectivity index (χ0v) is 35.4. The fourth-order valence-electron chi connectivity index (χ4n) is 8.74. The first-order valence-electron chi connectivity index (χ1n) is 21.3. The van der Waals surface area contributed by atoms with Crippen molar-refractivity contribution in [2.24, 2.45) is 22.9 Å². The smallest absolute Gasteiger partial charge is 0.412 e. The molecule has 1 fully saturated rings. The number of hydrogen-bond donors (Lipinski definition) is 3. The Morgan fingerprint density at radius 3 is 2.46 bits per heavy atom. The van der Waals surface area contributed by atoms with Crippen LogP contribution in [0.3, 0.4) is 0 Å². The highest BCUT2D eigenvalue weighted by Gasteiger charge is 2.65. The maximum absolute atomic E-state index is 14.2. The third-order valence-corrected chi connectivity index (χ3v) is 11.2. The molecule has 0 bridgehead atoms. The Morgan fingerprint density at radius 1 is 1.03 bits per heavy atom. The monoisotopic (exact) mass is 815 g/mol. The second-order valence-corrected chi connectivity index (χ2v) is 16.6. The van der Waals surface area contributed by atoms with Gasteiger partial charge in [0.25, 0.3) is 0 Å². The van der Waals surface area contributed by atoms with Crippen LogP contribution >= 0.6 is 0 Å². The van der Waals surface area contributed by atoms with Crippen LogP contribution in [0.4, 0.5) is 9.59 Å². The molecular formula is C47H65N3O9. The molecule has 12 nitrogen and oxygen atoms in total. The predicted octanol–water partition coefficient (Wildman–Crippen LogP) is 8.83. The summed E-state index contributed by atoms with van der Waals surface area (Å²) in [7, 11) is 0. The van der Waals surface area contributed by atoms with E-state index in [9.17, 15) is 19.8 Å². The SMILES string of the molecule is C=CCCOC(=O)N(CCC)C1CC(=NOC(C)(C)C)C2=CC(CCCCO)C(CCCCO)C3c4cc(OC(=O)NCc5ccccc5)ccc4OC1(OCC=C)C23. The number of carbonyl (C=O) groups is 2. The van der Waals surface area contributed by atoms with Crippen LogP contribution in [0.5, 0.6) is 11.5 Å². The summed E-state index contributed by atoms with van der Waals surface area (Å²) >= 11 is 0. The summed E-state index contributed by atoms with van der Waals surface area (Å²) < 4.78 is 26.0. The molecular weight excluding hydrogens is 751 g/mol. The van der Waals surface area contributed by atoms with Crippen LogP contribution in [0.15, 0.2) is 90.6 Å². The van der Waals surface area contributed by atoms with E-state index < -0.39 is 35.5 Å². The molecule has 0 saturated heterocycles. The Hall–Kier alpha value is -4.65. The normalized spacial score (nSPS) is 23.8. The number of oxime groups is 1. The first-order valence-corrected chi connectivity index (χ1v) is 21.3. The zero-order valence-electron chi connectivity index (χ0n) is 35.4. The lowest BCUT2D eigenvalue weighted by Crippen LogP contribution is -2.70. The highest BCUT2D eigenvalue weighted by molar-refractivity contribution is 6.03. The van der Waals surface area contributed by atoms with Gasteiger partial charge in [-0.15, -0.1) is 13.2 Å². The van der Waals surface area contributed by atoms with Gasteiger partial charge in [0.15, 0.2) is 0 Å². The Bertz CT molecular complexity index is 1770. The third-order valence-electron chi connectivity index (χ3n) is 11.2. The van der Waals surface area contributed by atoms with E-state index >= 15 is 0 Å². The fraction of sp³-hybridized carbons (Fsp3) is 0.553. The van der Waals surface area contributed by atoms with E-state index in [-0.39, 0.29) is 50.6 Å². The van der Waals surface area contributed by atoms with E-state index in [0.29, 0.717) is 56.0 Å². The highest BCUT2D eigenvalue weighted by Crippen LogP contribution is 2.62. The second-order valence-electron chi connectivity index (χ2n) is 16.6. The molecule has 1 saturated carbocycles. The Labute approximate surface area is 350 Å². The van der Waals surface area contributed by atoms with E-state index in [0.717, 1.165) is 42.4 Å². The summed E-state index contributed by atoms with van der Waals surface area (Å²) in [6.07, 6.45) is 10.5. The molecule has 1 aliphatic heterocycles. The van der Waals surface area contributed by atoms with Crippen LogP contribution in [-0.4, -0.2) is 83.4 Å². The number of benzene rings is 2. The number of amides is 2. The molecule has 3 N–H and O–H groups in total. The molecule has 2 aromatic rings. The van der Waals surface area contributed by atoms with Crippen molar-refractivity contribution in [1.29, 1.82) is 0 Å². The van der Waals surface area contributed by atoms with Crippen LogP contribution in [0.2, 0.25) is 0 Å². The van der Waals surface area contributed by atoms with E-state index in [4.69, 9.17) is 28.9 Å². The van der Waals surface area contributed by atoms with Crippen molar-refractivity contribution in [3.05, 3.63) is 96.6 Å². The summed E-state index contributed by atoms with van der Waals surface area (Å²) in [6.45, 7) is 16.8. The number of hydrogen-bond acceptors (Lipinski definition) is 10. The third kappa shape index (κ3) is 11.3. The van der Waals surface area contributed by atoms with E-state index in [2.05, 4.69) is 24.6 Å². The van der Waals surface area contributed by atoms with Crippen molar-refractivity contribution in [3.63, 3.8) is 0 Å². The molecule has 0 spiro atoms. The van der Waals surface area contributed by atoms with Crippen molar-refractivity contribution < 1.29 is 43.6 Å². The minimum Gasteiger partial charge on any atom is -0.459 e. The number of nitrogens with zero attached hydrogens (tertiary/aromatic N) is 2. The van der Waals surface area contributed by atoms with E-state index in [1.165, 1.54) is 0 Å². The van der Waals surface area contributed by atoms with Crippen LogP contribution in [-0.2, 0) is 20.9 Å². The largest absolute Gasteiger partial charge is 0.459 e. The van der Waals surface area contributed by atoms with Crippen molar-refractivity contribution in [1.82, 2.24) is 10.2 Å². The van der Waals surface area contributed by atoms with Crippen LogP contribution in [0.25, 0.3) is 0 Å². The number of aliphatic hydroxyl groups excluding tert-OH is 2. The maximum atomic E-state index is 14.2. The number of allylic oxidation sites excluding steroid dienone is 1. The Kier molecular flexibility index (Phi) is 16.6. The summed E-state index contributed by atoms with van der Waals surface area (Å²) in [6, 6.07) is 14.4. The van der Waals surface area contributed by atoms with Crippen molar-refractivity contribution in [2.45, 2.75) is 115 Å². The Balaban J connectivity index is 1.72. The Morgan fingerprint density at radius 2 is 1.78 bits per heavy atom. The molecule has 12 heteroatoms. The number of nitrogens with one attached hydrogen (secondary N) is 1. The number of carbonyl (C=O) groups excluding carboxylic acids is 2. The molecule has 2 aliphatic carbocycles. The van der Waals surface area contributed by atoms with Crippen LogP contribution < -0.4 is 14.8 Å². The number of aliphatic hydroxyl groups is 2. The average molecular weight is 816 g/mol. The standard InChI is InChI=1S/C47H65N3O9/c1-7-10-28-55-45(54)50(24-8-2)41-31-39(49-59-46(4,5)6)37-29-34(20-14-16-25-51)36(21-15-17-26-52)42-38-30-35(57-44(53)48-32-33-18-12-11-13-19-33)22-23-40(38)58-47(41,43(37)42)56-27-9-3/h7,9,11-13,18-19,22-23,29-30,34,36,41-43,51-52H,1,3,8,10,14-17,20-21,24-28,31-32H2,2,4-6H3,(H,48,53). The molecule has 1 heterocycles. The lowest BCUT2D eigenvalue weighted by Gasteiger charge is -2.60. The van der Waals surface area contributed by atoms with Crippen LogP contribution in [0, 0.1) is 17.8 Å². The lowest BCUT2D eigenvalue weighted by atomic mass is 9.55. The second kappa shape index (κ2) is 21.6. The number of ether oxygens (including phenoxy) is 4. The van der Waals surface area contributed by atoms with Crippen molar-refractivity contribution >= 4 is 17.9 Å².